The largest absolute Gasteiger partial charge is 0.337 e. The predicted octanol–water partition coefficient (Wildman–Crippen LogP) is 2.94. The van der Waals surface area contributed by atoms with Crippen molar-refractivity contribution in [2.75, 3.05) is 13.1 Å². The Hall–Kier alpha value is -2.37. The molecule has 1 aliphatic heterocycles. The Morgan fingerprint density at radius 3 is 2.96 bits per heavy atom. The van der Waals surface area contributed by atoms with Crippen LogP contribution in [-0.4, -0.2) is 39.3 Å². The van der Waals surface area contributed by atoms with Crippen LogP contribution in [0, 0.1) is 0 Å². The van der Waals surface area contributed by atoms with Crippen LogP contribution in [0.5, 0.6) is 0 Å². The van der Waals surface area contributed by atoms with Gasteiger partial charge in [-0.05, 0) is 36.2 Å². The average molecular weight is 355 g/mol. The monoisotopic (exact) mass is 354 g/mol. The molecule has 0 aliphatic carbocycles. The Balaban J connectivity index is 1.54. The molecule has 1 unspecified atom stereocenters. The summed E-state index contributed by atoms with van der Waals surface area (Å²) in [5.41, 5.74) is 9.03. The number of carbonyl (C=O) groups excluding carboxylic acids is 1. The van der Waals surface area contributed by atoms with Crippen molar-refractivity contribution in [1.82, 2.24) is 14.3 Å². The summed E-state index contributed by atoms with van der Waals surface area (Å²) in [6.07, 6.45) is 6.13. The van der Waals surface area contributed by atoms with Crippen LogP contribution in [0.1, 0.15) is 28.3 Å². The summed E-state index contributed by atoms with van der Waals surface area (Å²) in [5, 5.41) is 0.718. The van der Waals surface area contributed by atoms with Gasteiger partial charge in [0.05, 0.1) is 23.6 Å². The summed E-state index contributed by atoms with van der Waals surface area (Å²) in [6, 6.07) is 11.4. The zero-order valence-electron chi connectivity index (χ0n) is 13.7. The summed E-state index contributed by atoms with van der Waals surface area (Å²) in [5.74, 6) is 0.222. The molecule has 3 heterocycles. The number of nitrogens with zero attached hydrogens (tertiary/aromatic N) is 3. The number of carbonyl (C=O) groups is 1. The van der Waals surface area contributed by atoms with E-state index < -0.39 is 0 Å². The van der Waals surface area contributed by atoms with Crippen molar-refractivity contribution in [2.24, 2.45) is 5.73 Å². The maximum absolute atomic E-state index is 13.0. The first-order chi connectivity index (χ1) is 12.1. The van der Waals surface area contributed by atoms with Gasteiger partial charge in [0.25, 0.3) is 5.91 Å². The number of halogens is 1. The third kappa shape index (κ3) is 3.01. The minimum absolute atomic E-state index is 0.00564. The van der Waals surface area contributed by atoms with E-state index >= 15 is 0 Å². The fourth-order valence-electron chi connectivity index (χ4n) is 3.62. The molecule has 5 nitrogen and oxygen atoms in total. The Kier molecular flexibility index (Phi) is 4.19. The number of aromatic nitrogens is 2. The zero-order chi connectivity index (χ0) is 17.4. The molecule has 4 rings (SSSR count). The molecule has 0 radical (unpaired) electrons. The number of hydrogen-bond donors (Lipinski definition) is 1. The van der Waals surface area contributed by atoms with Gasteiger partial charge in [-0.2, -0.15) is 0 Å². The molecule has 0 bridgehead atoms. The van der Waals surface area contributed by atoms with Crippen LogP contribution >= 0.6 is 11.6 Å². The van der Waals surface area contributed by atoms with Crippen molar-refractivity contribution in [2.45, 2.75) is 18.4 Å². The van der Waals surface area contributed by atoms with E-state index in [2.05, 4.69) is 11.1 Å². The van der Waals surface area contributed by atoms with Crippen molar-refractivity contribution in [3.63, 3.8) is 0 Å². The quantitative estimate of drug-likeness (QED) is 0.769. The number of imidazole rings is 1. The van der Waals surface area contributed by atoms with Crippen LogP contribution in [0.2, 0.25) is 5.02 Å². The van der Waals surface area contributed by atoms with Gasteiger partial charge in [0.2, 0.25) is 0 Å². The van der Waals surface area contributed by atoms with Crippen molar-refractivity contribution in [1.29, 1.82) is 0 Å². The van der Waals surface area contributed by atoms with Gasteiger partial charge >= 0.3 is 0 Å². The Bertz CT molecular complexity index is 922. The fraction of sp³-hybridized carbons (Fsp3) is 0.263. The topological polar surface area (TPSA) is 63.6 Å². The Morgan fingerprint density at radius 1 is 1.28 bits per heavy atom. The van der Waals surface area contributed by atoms with E-state index in [1.54, 1.807) is 12.5 Å². The minimum atomic E-state index is -0.110. The van der Waals surface area contributed by atoms with E-state index in [-0.39, 0.29) is 17.9 Å². The van der Waals surface area contributed by atoms with Crippen LogP contribution in [0.25, 0.3) is 5.52 Å². The number of likely N-dealkylation sites (tertiary alicyclic amines) is 1. The lowest BCUT2D eigenvalue weighted by Gasteiger charge is -2.37. The highest BCUT2D eigenvalue weighted by atomic mass is 35.5. The Morgan fingerprint density at radius 2 is 2.16 bits per heavy atom. The second-order valence-corrected chi connectivity index (χ2v) is 6.91. The van der Waals surface area contributed by atoms with E-state index in [1.165, 1.54) is 0 Å². The molecule has 2 N–H and O–H groups in total. The maximum atomic E-state index is 13.0. The molecular formula is C19H19ClN4O. The van der Waals surface area contributed by atoms with Crippen molar-refractivity contribution >= 4 is 23.0 Å². The maximum Gasteiger partial charge on any atom is 0.256 e. The summed E-state index contributed by atoms with van der Waals surface area (Å²) >= 11 is 6.10. The molecule has 0 spiro atoms. The van der Waals surface area contributed by atoms with Crippen LogP contribution < -0.4 is 5.73 Å². The highest BCUT2D eigenvalue weighted by Gasteiger charge is 2.31. The normalized spacial score (nSPS) is 20.8. The average Bonchev–Trinajstić information content (AvgIpc) is 3.09. The molecule has 1 fully saturated rings. The first-order valence-electron chi connectivity index (χ1n) is 8.34. The molecule has 1 aliphatic rings. The highest BCUT2D eigenvalue weighted by molar-refractivity contribution is 6.30. The van der Waals surface area contributed by atoms with Crippen LogP contribution in [0.15, 0.2) is 55.1 Å². The first-order valence-corrected chi connectivity index (χ1v) is 8.72. The summed E-state index contributed by atoms with van der Waals surface area (Å²) in [4.78, 5) is 18.9. The molecule has 1 amide bonds. The molecular weight excluding hydrogens is 336 g/mol. The first kappa shape index (κ1) is 16.1. The molecule has 2 atom stereocenters. The highest BCUT2D eigenvalue weighted by Crippen LogP contribution is 2.29. The summed E-state index contributed by atoms with van der Waals surface area (Å²) < 4.78 is 1.85. The number of nitrogens with two attached hydrogens (primary N) is 1. The number of rotatable bonds is 2. The summed E-state index contributed by atoms with van der Waals surface area (Å²) in [6.45, 7) is 1.21. The van der Waals surface area contributed by atoms with E-state index in [4.69, 9.17) is 17.3 Å². The number of hydrogen-bond acceptors (Lipinski definition) is 3. The lowest BCUT2D eigenvalue weighted by atomic mass is 9.85. The van der Waals surface area contributed by atoms with E-state index in [1.807, 2.05) is 45.8 Å². The molecule has 1 aromatic carbocycles. The zero-order valence-corrected chi connectivity index (χ0v) is 14.4. The molecule has 2 aromatic heterocycles. The van der Waals surface area contributed by atoms with Gasteiger partial charge in [-0.1, -0.05) is 23.7 Å². The second kappa shape index (κ2) is 6.50. The number of fused-ring (bicyclic) bond motifs is 1. The van der Waals surface area contributed by atoms with E-state index in [0.717, 1.165) is 22.5 Å². The van der Waals surface area contributed by atoms with Gasteiger partial charge in [0, 0.05) is 36.3 Å². The lowest BCUT2D eigenvalue weighted by Crippen LogP contribution is -2.49. The van der Waals surface area contributed by atoms with Gasteiger partial charge in [-0.3, -0.25) is 4.79 Å². The van der Waals surface area contributed by atoms with Gasteiger partial charge in [-0.15, -0.1) is 0 Å². The molecule has 128 valence electrons. The fourth-order valence-corrected chi connectivity index (χ4v) is 3.82. The van der Waals surface area contributed by atoms with Crippen molar-refractivity contribution < 1.29 is 4.79 Å². The second-order valence-electron chi connectivity index (χ2n) is 6.47. The molecule has 3 aromatic rings. The third-order valence-electron chi connectivity index (χ3n) is 4.90. The van der Waals surface area contributed by atoms with Crippen molar-refractivity contribution in [3.8, 4) is 0 Å². The van der Waals surface area contributed by atoms with E-state index in [0.29, 0.717) is 18.7 Å². The minimum Gasteiger partial charge on any atom is -0.337 e. The number of amides is 1. The molecule has 1 saturated heterocycles. The van der Waals surface area contributed by atoms with Crippen molar-refractivity contribution in [3.05, 3.63) is 71.3 Å². The third-order valence-corrected chi connectivity index (χ3v) is 5.14. The van der Waals surface area contributed by atoms with Gasteiger partial charge in [0.15, 0.2) is 0 Å². The van der Waals surface area contributed by atoms with E-state index in [9.17, 15) is 4.79 Å². The van der Waals surface area contributed by atoms with Gasteiger partial charge in [0.1, 0.15) is 0 Å². The van der Waals surface area contributed by atoms with Crippen LogP contribution in [0.3, 0.4) is 0 Å². The number of benzene rings is 1. The van der Waals surface area contributed by atoms with Crippen LogP contribution in [-0.2, 0) is 0 Å². The van der Waals surface area contributed by atoms with Crippen LogP contribution in [0.4, 0.5) is 0 Å². The molecule has 0 saturated carbocycles. The SMILES string of the molecule is NC1CN(C(=O)c2cccn3cncc23)CC[C@H]1c1cccc(Cl)c1. The smallest absolute Gasteiger partial charge is 0.256 e. The van der Waals surface area contributed by atoms with Gasteiger partial charge in [-0.25, -0.2) is 4.98 Å². The molecule has 6 heteroatoms. The van der Waals surface area contributed by atoms with Gasteiger partial charge < -0.3 is 15.0 Å². The predicted molar refractivity (Wildman–Crippen MR) is 97.9 cm³/mol. The standard InChI is InChI=1S/C19H19ClN4O/c20-14-4-1-3-13(9-14)15-6-8-23(11-17(15)21)19(25)16-5-2-7-24-12-22-10-18(16)24/h1-5,7,9-10,12,15,17H,6,8,11,21H2/t15-,17?/m0/s1. The summed E-state index contributed by atoms with van der Waals surface area (Å²) in [7, 11) is 0. The lowest BCUT2D eigenvalue weighted by molar-refractivity contribution is 0.0695. The molecule has 25 heavy (non-hydrogen) atoms. The number of pyridine rings is 1. The number of piperidine rings is 1. The Labute approximate surface area is 151 Å².